The predicted molar refractivity (Wildman–Crippen MR) is 76.4 cm³/mol. The van der Waals surface area contributed by atoms with Crippen molar-refractivity contribution >= 4 is 5.91 Å². The lowest BCUT2D eigenvalue weighted by atomic mass is 9.76. The highest BCUT2D eigenvalue weighted by Crippen LogP contribution is 2.32. The van der Waals surface area contributed by atoms with Crippen LogP contribution in [0.25, 0.3) is 0 Å². The first-order chi connectivity index (χ1) is 9.05. The summed E-state index contributed by atoms with van der Waals surface area (Å²) >= 11 is 0. The molecule has 0 radical (unpaired) electrons. The van der Waals surface area contributed by atoms with Gasteiger partial charge in [-0.05, 0) is 18.8 Å². The molecule has 4 nitrogen and oxygen atoms in total. The van der Waals surface area contributed by atoms with Crippen molar-refractivity contribution in [3.63, 3.8) is 0 Å². The molecule has 0 aromatic rings. The number of amides is 1. The van der Waals surface area contributed by atoms with Gasteiger partial charge in [0, 0.05) is 26.2 Å². The first-order valence-corrected chi connectivity index (χ1v) is 7.29. The van der Waals surface area contributed by atoms with Gasteiger partial charge in [-0.1, -0.05) is 25.7 Å². The lowest BCUT2D eigenvalue weighted by Crippen LogP contribution is -2.60. The molecule has 1 saturated carbocycles. The number of hydrogen-bond donors (Lipinski definition) is 1. The van der Waals surface area contributed by atoms with Crippen molar-refractivity contribution < 1.29 is 4.79 Å². The normalized spacial score (nSPS) is 32.9. The van der Waals surface area contributed by atoms with Crippen LogP contribution in [0, 0.1) is 18.3 Å². The van der Waals surface area contributed by atoms with Crippen molar-refractivity contribution in [1.29, 1.82) is 0 Å². The highest BCUT2D eigenvalue weighted by molar-refractivity contribution is 5.86. The van der Waals surface area contributed by atoms with Crippen LogP contribution in [0.2, 0.25) is 0 Å². The molecule has 2 N–H and O–H groups in total. The minimum atomic E-state index is -0.619. The summed E-state index contributed by atoms with van der Waals surface area (Å²) in [4.78, 5) is 16.8. The summed E-state index contributed by atoms with van der Waals surface area (Å²) in [6.07, 6.45) is 9.25. The molecule has 2 unspecified atom stereocenters. The van der Waals surface area contributed by atoms with Crippen molar-refractivity contribution in [2.45, 2.75) is 38.1 Å². The van der Waals surface area contributed by atoms with Gasteiger partial charge in [0.15, 0.2) is 0 Å². The third-order valence-electron chi connectivity index (χ3n) is 4.43. The molecule has 1 aliphatic heterocycles. The molecule has 1 heterocycles. The van der Waals surface area contributed by atoms with Gasteiger partial charge < -0.3 is 10.6 Å². The van der Waals surface area contributed by atoms with E-state index in [1.807, 2.05) is 4.90 Å². The Balaban J connectivity index is 1.92. The molecular weight excluding hydrogens is 238 g/mol. The van der Waals surface area contributed by atoms with Gasteiger partial charge in [0.25, 0.3) is 0 Å². The van der Waals surface area contributed by atoms with E-state index in [1.165, 1.54) is 6.42 Å². The van der Waals surface area contributed by atoms with Crippen LogP contribution in [0.1, 0.15) is 32.6 Å². The zero-order chi connectivity index (χ0) is 13.9. The molecule has 106 valence electrons. The van der Waals surface area contributed by atoms with Gasteiger partial charge in [-0.2, -0.15) is 0 Å². The van der Waals surface area contributed by atoms with E-state index in [1.54, 1.807) is 0 Å². The zero-order valence-electron chi connectivity index (χ0n) is 11.9. The molecule has 0 bridgehead atoms. The van der Waals surface area contributed by atoms with Gasteiger partial charge in [0.2, 0.25) is 5.91 Å². The lowest BCUT2D eigenvalue weighted by Gasteiger charge is -2.42. The summed E-state index contributed by atoms with van der Waals surface area (Å²) in [6.45, 7) is 6.11. The summed E-state index contributed by atoms with van der Waals surface area (Å²) in [5, 5.41) is 0. The molecule has 2 rings (SSSR count). The molecule has 19 heavy (non-hydrogen) atoms. The standard InChI is InChI=1S/C15H25N3O/c1-3-7-17-8-10-18(11-9-17)14(19)15(16)6-4-5-13(2)12-15/h1,13H,4-12,16H2,2H3. The minimum absolute atomic E-state index is 0.152. The predicted octanol–water partition coefficient (Wildman–Crippen LogP) is 0.671. The summed E-state index contributed by atoms with van der Waals surface area (Å²) in [7, 11) is 0. The summed E-state index contributed by atoms with van der Waals surface area (Å²) in [5.41, 5.74) is 5.76. The molecule has 2 fully saturated rings. The van der Waals surface area contributed by atoms with E-state index in [-0.39, 0.29) is 5.91 Å². The number of carbonyl (C=O) groups excluding carboxylic acids is 1. The van der Waals surface area contributed by atoms with Crippen LogP contribution in [-0.4, -0.2) is 54.0 Å². The van der Waals surface area contributed by atoms with Crippen LogP contribution in [0.5, 0.6) is 0 Å². The van der Waals surface area contributed by atoms with Gasteiger partial charge in [-0.25, -0.2) is 0 Å². The Kier molecular flexibility index (Phi) is 4.49. The van der Waals surface area contributed by atoms with E-state index < -0.39 is 5.54 Å². The second-order valence-corrected chi connectivity index (χ2v) is 6.13. The largest absolute Gasteiger partial charge is 0.339 e. The SMILES string of the molecule is C#CCN1CCN(C(=O)C2(N)CCCC(C)C2)CC1. The highest BCUT2D eigenvalue weighted by Gasteiger charge is 2.41. The van der Waals surface area contributed by atoms with Crippen LogP contribution in [-0.2, 0) is 4.79 Å². The van der Waals surface area contributed by atoms with E-state index in [2.05, 4.69) is 17.7 Å². The van der Waals surface area contributed by atoms with E-state index in [9.17, 15) is 4.79 Å². The molecule has 0 aromatic heterocycles. The Bertz CT molecular complexity index is 368. The minimum Gasteiger partial charge on any atom is -0.339 e. The van der Waals surface area contributed by atoms with E-state index in [0.717, 1.165) is 45.4 Å². The van der Waals surface area contributed by atoms with Gasteiger partial charge in [-0.3, -0.25) is 9.69 Å². The first-order valence-electron chi connectivity index (χ1n) is 7.29. The van der Waals surface area contributed by atoms with Crippen LogP contribution in [0.15, 0.2) is 0 Å². The lowest BCUT2D eigenvalue weighted by molar-refractivity contribution is -0.140. The fraction of sp³-hybridized carbons (Fsp3) is 0.800. The topological polar surface area (TPSA) is 49.6 Å². The Morgan fingerprint density at radius 3 is 2.68 bits per heavy atom. The molecule has 2 atom stereocenters. The van der Waals surface area contributed by atoms with Gasteiger partial charge in [0.1, 0.15) is 0 Å². The van der Waals surface area contributed by atoms with Crippen LogP contribution in [0.3, 0.4) is 0 Å². The Morgan fingerprint density at radius 1 is 1.42 bits per heavy atom. The number of piperazine rings is 1. The third kappa shape index (κ3) is 3.29. The molecule has 1 saturated heterocycles. The van der Waals surface area contributed by atoms with Gasteiger partial charge in [-0.15, -0.1) is 6.42 Å². The van der Waals surface area contributed by atoms with Crippen molar-refractivity contribution in [1.82, 2.24) is 9.80 Å². The number of terminal acetylenes is 1. The third-order valence-corrected chi connectivity index (χ3v) is 4.43. The number of nitrogens with two attached hydrogens (primary N) is 1. The molecule has 4 heteroatoms. The van der Waals surface area contributed by atoms with Crippen LogP contribution in [0.4, 0.5) is 0 Å². The molecule has 0 spiro atoms. The van der Waals surface area contributed by atoms with Crippen LogP contribution >= 0.6 is 0 Å². The van der Waals surface area contributed by atoms with E-state index in [0.29, 0.717) is 12.5 Å². The first kappa shape index (κ1) is 14.4. The van der Waals surface area contributed by atoms with Crippen LogP contribution < -0.4 is 5.73 Å². The van der Waals surface area contributed by atoms with Gasteiger partial charge in [0.05, 0.1) is 12.1 Å². The van der Waals surface area contributed by atoms with Gasteiger partial charge >= 0.3 is 0 Å². The Hall–Kier alpha value is -1.05. The maximum Gasteiger partial charge on any atom is 0.242 e. The molecule has 1 aliphatic carbocycles. The Morgan fingerprint density at radius 2 is 2.11 bits per heavy atom. The average molecular weight is 263 g/mol. The quantitative estimate of drug-likeness (QED) is 0.745. The monoisotopic (exact) mass is 263 g/mol. The van der Waals surface area contributed by atoms with Crippen molar-refractivity contribution in [2.24, 2.45) is 11.7 Å². The number of carbonyl (C=O) groups is 1. The van der Waals surface area contributed by atoms with Crippen molar-refractivity contribution in [2.75, 3.05) is 32.7 Å². The van der Waals surface area contributed by atoms with E-state index in [4.69, 9.17) is 12.2 Å². The summed E-state index contributed by atoms with van der Waals surface area (Å²) in [5.74, 6) is 3.37. The second kappa shape index (κ2) is 5.94. The fourth-order valence-corrected chi connectivity index (χ4v) is 3.34. The Labute approximate surface area is 116 Å². The number of rotatable bonds is 2. The fourth-order valence-electron chi connectivity index (χ4n) is 3.34. The van der Waals surface area contributed by atoms with Crippen molar-refractivity contribution in [3.05, 3.63) is 0 Å². The summed E-state index contributed by atoms with van der Waals surface area (Å²) < 4.78 is 0. The second-order valence-electron chi connectivity index (χ2n) is 6.13. The smallest absolute Gasteiger partial charge is 0.242 e. The molecule has 0 aromatic carbocycles. The zero-order valence-corrected chi connectivity index (χ0v) is 11.9. The maximum atomic E-state index is 12.6. The maximum absolute atomic E-state index is 12.6. The average Bonchev–Trinajstić information content (AvgIpc) is 2.39. The molecule has 2 aliphatic rings. The molecule has 1 amide bonds. The van der Waals surface area contributed by atoms with E-state index >= 15 is 0 Å². The molecular formula is C15H25N3O. The van der Waals surface area contributed by atoms with Crippen molar-refractivity contribution in [3.8, 4) is 12.3 Å². The highest BCUT2D eigenvalue weighted by atomic mass is 16.2. The number of nitrogens with zero attached hydrogens (tertiary/aromatic N) is 2. The number of hydrogen-bond acceptors (Lipinski definition) is 3. The summed E-state index contributed by atoms with van der Waals surface area (Å²) in [6, 6.07) is 0.